The molecule has 1 aromatic carbocycles. The normalized spacial score (nSPS) is 14.7. The molecule has 1 N–H and O–H groups in total. The molecule has 1 aromatic heterocycles. The van der Waals surface area contributed by atoms with Gasteiger partial charge < -0.3 is 9.88 Å². The fourth-order valence-electron chi connectivity index (χ4n) is 2.80. The highest BCUT2D eigenvalue weighted by atomic mass is 19.1. The first-order chi connectivity index (χ1) is 9.19. The van der Waals surface area contributed by atoms with E-state index in [-0.39, 0.29) is 11.7 Å². The lowest BCUT2D eigenvalue weighted by atomic mass is 10.0. The SMILES string of the molecule is CCCC(=O)N1CCc2c([nH]c3ccc(F)cc23)C1. The molecule has 19 heavy (non-hydrogen) atoms. The molecule has 0 saturated heterocycles. The second kappa shape index (κ2) is 4.68. The first-order valence-electron chi connectivity index (χ1n) is 6.75. The molecule has 2 heterocycles. The molecule has 2 aromatic rings. The minimum absolute atomic E-state index is 0.206. The van der Waals surface area contributed by atoms with Crippen molar-refractivity contribution in [2.24, 2.45) is 0 Å². The third-order valence-electron chi connectivity index (χ3n) is 3.75. The standard InChI is InChI=1S/C15H17FN2O/c1-2-3-15(19)18-7-6-11-12-8-10(16)4-5-13(12)17-14(11)9-18/h4-5,8,17H,2-3,6-7,9H2,1H3. The highest BCUT2D eigenvalue weighted by Gasteiger charge is 2.23. The van der Waals surface area contributed by atoms with Crippen LogP contribution in [0.5, 0.6) is 0 Å². The topological polar surface area (TPSA) is 36.1 Å². The lowest BCUT2D eigenvalue weighted by molar-refractivity contribution is -0.132. The van der Waals surface area contributed by atoms with E-state index in [1.807, 2.05) is 11.8 Å². The molecule has 100 valence electrons. The summed E-state index contributed by atoms with van der Waals surface area (Å²) in [4.78, 5) is 17.1. The minimum atomic E-state index is -0.209. The summed E-state index contributed by atoms with van der Waals surface area (Å²) in [5.41, 5.74) is 3.17. The predicted molar refractivity (Wildman–Crippen MR) is 72.3 cm³/mol. The monoisotopic (exact) mass is 260 g/mol. The van der Waals surface area contributed by atoms with Crippen LogP contribution in [0.1, 0.15) is 31.0 Å². The molecule has 1 amide bonds. The average Bonchev–Trinajstić information content (AvgIpc) is 2.76. The molecule has 0 aliphatic carbocycles. The van der Waals surface area contributed by atoms with Gasteiger partial charge >= 0.3 is 0 Å². The molecule has 1 aliphatic heterocycles. The Morgan fingerprint density at radius 1 is 1.47 bits per heavy atom. The zero-order chi connectivity index (χ0) is 13.4. The molecular weight excluding hydrogens is 243 g/mol. The molecule has 1 aliphatic rings. The Bertz CT molecular complexity index is 632. The van der Waals surface area contributed by atoms with Gasteiger partial charge in [0.2, 0.25) is 5.91 Å². The van der Waals surface area contributed by atoms with Crippen LogP contribution in [0.3, 0.4) is 0 Å². The molecule has 3 rings (SSSR count). The molecule has 3 nitrogen and oxygen atoms in total. The van der Waals surface area contributed by atoms with Gasteiger partial charge in [0, 0.05) is 29.6 Å². The fourth-order valence-corrected chi connectivity index (χ4v) is 2.80. The summed E-state index contributed by atoms with van der Waals surface area (Å²) in [6.07, 6.45) is 2.28. The lowest BCUT2D eigenvalue weighted by Gasteiger charge is -2.27. The third kappa shape index (κ3) is 2.11. The number of benzene rings is 1. The number of nitrogens with one attached hydrogen (secondary N) is 1. The maximum Gasteiger partial charge on any atom is 0.222 e. The highest BCUT2D eigenvalue weighted by molar-refractivity contribution is 5.85. The van der Waals surface area contributed by atoms with E-state index < -0.39 is 0 Å². The smallest absolute Gasteiger partial charge is 0.222 e. The number of rotatable bonds is 2. The number of aromatic amines is 1. The second-order valence-electron chi connectivity index (χ2n) is 5.09. The van der Waals surface area contributed by atoms with E-state index in [0.29, 0.717) is 13.0 Å². The molecule has 0 unspecified atom stereocenters. The summed E-state index contributed by atoms with van der Waals surface area (Å²) >= 11 is 0. The van der Waals surface area contributed by atoms with E-state index in [9.17, 15) is 9.18 Å². The van der Waals surface area contributed by atoms with E-state index in [1.54, 1.807) is 12.1 Å². The van der Waals surface area contributed by atoms with E-state index >= 15 is 0 Å². The van der Waals surface area contributed by atoms with Crippen LogP contribution in [0.4, 0.5) is 4.39 Å². The lowest BCUT2D eigenvalue weighted by Crippen LogP contribution is -2.35. The predicted octanol–water partition coefficient (Wildman–Crippen LogP) is 2.99. The third-order valence-corrected chi connectivity index (χ3v) is 3.75. The maximum atomic E-state index is 13.3. The molecule has 0 bridgehead atoms. The van der Waals surface area contributed by atoms with Gasteiger partial charge in [0.15, 0.2) is 0 Å². The quantitative estimate of drug-likeness (QED) is 0.885. The largest absolute Gasteiger partial charge is 0.357 e. The summed E-state index contributed by atoms with van der Waals surface area (Å²) in [6, 6.07) is 4.81. The van der Waals surface area contributed by atoms with Crippen LogP contribution in [-0.4, -0.2) is 22.3 Å². The van der Waals surface area contributed by atoms with Crippen molar-refractivity contribution >= 4 is 16.8 Å². The van der Waals surface area contributed by atoms with Crippen LogP contribution in [0.25, 0.3) is 10.9 Å². The molecule has 0 radical (unpaired) electrons. The number of fused-ring (bicyclic) bond motifs is 3. The van der Waals surface area contributed by atoms with Gasteiger partial charge in [-0.05, 0) is 36.6 Å². The van der Waals surface area contributed by atoms with Gasteiger partial charge in [-0.2, -0.15) is 0 Å². The highest BCUT2D eigenvalue weighted by Crippen LogP contribution is 2.28. The molecular formula is C15H17FN2O. The number of hydrogen-bond donors (Lipinski definition) is 1. The molecule has 0 atom stereocenters. The van der Waals surface area contributed by atoms with Crippen LogP contribution in [-0.2, 0) is 17.8 Å². The number of carbonyl (C=O) groups excluding carboxylic acids is 1. The maximum absolute atomic E-state index is 13.3. The summed E-state index contributed by atoms with van der Waals surface area (Å²) in [6.45, 7) is 3.36. The zero-order valence-electron chi connectivity index (χ0n) is 11.0. The number of carbonyl (C=O) groups is 1. The van der Waals surface area contributed by atoms with Gasteiger partial charge in [0.1, 0.15) is 5.82 Å². The van der Waals surface area contributed by atoms with E-state index in [2.05, 4.69) is 4.98 Å². The molecule has 0 saturated carbocycles. The zero-order valence-corrected chi connectivity index (χ0v) is 11.0. The van der Waals surface area contributed by atoms with Gasteiger partial charge in [-0.3, -0.25) is 4.79 Å². The Balaban J connectivity index is 1.93. The van der Waals surface area contributed by atoms with Crippen LogP contribution >= 0.6 is 0 Å². The first kappa shape index (κ1) is 12.2. The average molecular weight is 260 g/mol. The number of aromatic nitrogens is 1. The first-order valence-corrected chi connectivity index (χ1v) is 6.75. The second-order valence-corrected chi connectivity index (χ2v) is 5.09. The van der Waals surface area contributed by atoms with Crippen molar-refractivity contribution in [3.8, 4) is 0 Å². The van der Waals surface area contributed by atoms with Crippen molar-refractivity contribution in [3.63, 3.8) is 0 Å². The Kier molecular flexibility index (Phi) is 3.01. The van der Waals surface area contributed by atoms with Crippen LogP contribution in [0, 0.1) is 5.82 Å². The van der Waals surface area contributed by atoms with E-state index in [0.717, 1.165) is 41.5 Å². The van der Waals surface area contributed by atoms with Crippen molar-refractivity contribution < 1.29 is 9.18 Å². The molecule has 0 fully saturated rings. The summed E-state index contributed by atoms with van der Waals surface area (Å²) in [5, 5.41) is 0.956. The van der Waals surface area contributed by atoms with Crippen LogP contribution in [0.15, 0.2) is 18.2 Å². The Morgan fingerprint density at radius 2 is 2.32 bits per heavy atom. The minimum Gasteiger partial charge on any atom is -0.357 e. The van der Waals surface area contributed by atoms with Crippen LogP contribution < -0.4 is 0 Å². The van der Waals surface area contributed by atoms with Crippen LogP contribution in [0.2, 0.25) is 0 Å². The number of hydrogen-bond acceptors (Lipinski definition) is 1. The van der Waals surface area contributed by atoms with Crippen molar-refractivity contribution in [1.82, 2.24) is 9.88 Å². The number of halogens is 1. The Hall–Kier alpha value is -1.84. The number of nitrogens with zero attached hydrogens (tertiary/aromatic N) is 1. The van der Waals surface area contributed by atoms with Gasteiger partial charge in [-0.15, -0.1) is 0 Å². The van der Waals surface area contributed by atoms with Gasteiger partial charge in [0.25, 0.3) is 0 Å². The number of H-pyrrole nitrogens is 1. The van der Waals surface area contributed by atoms with Gasteiger partial charge in [-0.1, -0.05) is 6.92 Å². The van der Waals surface area contributed by atoms with Crippen molar-refractivity contribution in [1.29, 1.82) is 0 Å². The molecule has 0 spiro atoms. The molecule has 4 heteroatoms. The van der Waals surface area contributed by atoms with E-state index in [4.69, 9.17) is 0 Å². The van der Waals surface area contributed by atoms with Crippen molar-refractivity contribution in [2.45, 2.75) is 32.7 Å². The van der Waals surface area contributed by atoms with E-state index in [1.165, 1.54) is 6.07 Å². The summed E-state index contributed by atoms with van der Waals surface area (Å²) < 4.78 is 13.3. The Morgan fingerprint density at radius 3 is 3.11 bits per heavy atom. The summed E-state index contributed by atoms with van der Waals surface area (Å²) in [5.74, 6) is -0.00299. The van der Waals surface area contributed by atoms with Gasteiger partial charge in [-0.25, -0.2) is 4.39 Å². The van der Waals surface area contributed by atoms with Crippen molar-refractivity contribution in [3.05, 3.63) is 35.3 Å². The van der Waals surface area contributed by atoms with Crippen molar-refractivity contribution in [2.75, 3.05) is 6.54 Å². The number of amides is 1. The van der Waals surface area contributed by atoms with Gasteiger partial charge in [0.05, 0.1) is 6.54 Å². The Labute approximate surface area is 111 Å². The summed E-state index contributed by atoms with van der Waals surface area (Å²) in [7, 11) is 0. The fraction of sp³-hybridized carbons (Fsp3) is 0.400.